The van der Waals surface area contributed by atoms with Crippen molar-refractivity contribution in [2.45, 2.75) is 33.3 Å². The molecule has 0 aromatic heterocycles. The van der Waals surface area contributed by atoms with E-state index in [4.69, 9.17) is 4.74 Å². The predicted molar refractivity (Wildman–Crippen MR) is 113 cm³/mol. The van der Waals surface area contributed by atoms with E-state index in [-0.39, 0.29) is 5.91 Å². The third-order valence-electron chi connectivity index (χ3n) is 4.96. The Morgan fingerprint density at radius 1 is 1.18 bits per heavy atom. The maximum atomic E-state index is 12.4. The molecule has 4 nitrogen and oxygen atoms in total. The van der Waals surface area contributed by atoms with Gasteiger partial charge in [0.25, 0.3) is 5.91 Å². The number of hydrazone groups is 1. The molecule has 3 rings (SSSR count). The van der Waals surface area contributed by atoms with Gasteiger partial charge in [0.2, 0.25) is 0 Å². The standard InChI is InChI=1S/C24H26N2O2/c1-17(2)21-10-9-18(3)23(15-21)25-26-24(27)20-11-13-22(14-12-20)28-16-19-7-5-4-6-8-19/h4-9,11-14,21H,1,10,15-16H2,2-3H3,(H,26,27)/b25-23-. The molecule has 1 unspecified atom stereocenters. The van der Waals surface area contributed by atoms with E-state index in [1.54, 1.807) is 24.3 Å². The summed E-state index contributed by atoms with van der Waals surface area (Å²) in [6, 6.07) is 17.1. The molecule has 0 saturated heterocycles. The fourth-order valence-electron chi connectivity index (χ4n) is 3.05. The van der Waals surface area contributed by atoms with Gasteiger partial charge < -0.3 is 4.74 Å². The van der Waals surface area contributed by atoms with Gasteiger partial charge in [0.05, 0.1) is 5.71 Å². The second-order valence-electron chi connectivity index (χ2n) is 7.17. The van der Waals surface area contributed by atoms with E-state index in [1.807, 2.05) is 44.2 Å². The lowest BCUT2D eigenvalue weighted by molar-refractivity contribution is 0.0954. The first-order chi connectivity index (χ1) is 13.5. The van der Waals surface area contributed by atoms with Gasteiger partial charge in [-0.2, -0.15) is 5.10 Å². The van der Waals surface area contributed by atoms with Gasteiger partial charge >= 0.3 is 0 Å². The topological polar surface area (TPSA) is 50.7 Å². The Bertz CT molecular complexity index is 896. The highest BCUT2D eigenvalue weighted by atomic mass is 16.5. The first-order valence-electron chi connectivity index (χ1n) is 9.49. The smallest absolute Gasteiger partial charge is 0.271 e. The van der Waals surface area contributed by atoms with Crippen LogP contribution in [0.5, 0.6) is 5.75 Å². The van der Waals surface area contributed by atoms with Crippen LogP contribution in [0.1, 0.15) is 42.6 Å². The van der Waals surface area contributed by atoms with E-state index < -0.39 is 0 Å². The largest absolute Gasteiger partial charge is 0.489 e. The van der Waals surface area contributed by atoms with Crippen molar-refractivity contribution in [2.75, 3.05) is 0 Å². The molecule has 0 bridgehead atoms. The summed E-state index contributed by atoms with van der Waals surface area (Å²) in [5, 5.41) is 4.35. The lowest BCUT2D eigenvalue weighted by Gasteiger charge is -2.22. The Balaban J connectivity index is 1.58. The van der Waals surface area contributed by atoms with Crippen LogP contribution in [-0.2, 0) is 6.61 Å². The summed E-state index contributed by atoms with van der Waals surface area (Å²) in [4.78, 5) is 12.4. The molecule has 0 spiro atoms. The molecule has 28 heavy (non-hydrogen) atoms. The zero-order valence-electron chi connectivity index (χ0n) is 16.4. The number of ether oxygens (including phenoxy) is 1. The Morgan fingerprint density at radius 3 is 2.57 bits per heavy atom. The number of rotatable bonds is 6. The zero-order valence-corrected chi connectivity index (χ0v) is 16.4. The van der Waals surface area contributed by atoms with E-state index in [0.717, 1.165) is 41.0 Å². The van der Waals surface area contributed by atoms with Crippen LogP contribution in [0.3, 0.4) is 0 Å². The van der Waals surface area contributed by atoms with Gasteiger partial charge in [0.15, 0.2) is 0 Å². The van der Waals surface area contributed by atoms with Crippen molar-refractivity contribution in [2.24, 2.45) is 11.0 Å². The van der Waals surface area contributed by atoms with Crippen molar-refractivity contribution < 1.29 is 9.53 Å². The van der Waals surface area contributed by atoms with Crippen molar-refractivity contribution in [3.05, 3.63) is 89.5 Å². The number of carbonyl (C=O) groups excluding carboxylic acids is 1. The van der Waals surface area contributed by atoms with Crippen LogP contribution in [0, 0.1) is 5.92 Å². The highest BCUT2D eigenvalue weighted by Gasteiger charge is 2.19. The molecule has 0 heterocycles. The minimum Gasteiger partial charge on any atom is -0.489 e. The SMILES string of the molecule is C=C(C)C1CC=C(C)/C(=N\NC(=O)c2ccc(OCc3ccccc3)cc2)C1. The molecule has 1 atom stereocenters. The average Bonchev–Trinajstić information content (AvgIpc) is 2.72. The van der Waals surface area contributed by atoms with Crippen LogP contribution in [0.15, 0.2) is 83.5 Å². The van der Waals surface area contributed by atoms with Gasteiger partial charge in [-0.25, -0.2) is 5.43 Å². The van der Waals surface area contributed by atoms with Crippen molar-refractivity contribution >= 4 is 11.6 Å². The van der Waals surface area contributed by atoms with E-state index in [1.165, 1.54) is 0 Å². The molecule has 0 radical (unpaired) electrons. The molecule has 1 aliphatic rings. The van der Waals surface area contributed by atoms with Crippen LogP contribution in [0.2, 0.25) is 0 Å². The Kier molecular flexibility index (Phi) is 6.43. The molecule has 0 fully saturated rings. The number of hydrogen-bond donors (Lipinski definition) is 1. The maximum absolute atomic E-state index is 12.4. The number of carbonyl (C=O) groups is 1. The molecule has 1 amide bonds. The van der Waals surface area contributed by atoms with Crippen molar-refractivity contribution in [1.29, 1.82) is 0 Å². The number of hydrogen-bond acceptors (Lipinski definition) is 3. The molecule has 4 heteroatoms. The molecule has 144 valence electrons. The summed E-state index contributed by atoms with van der Waals surface area (Å²) in [6.45, 7) is 8.60. The Morgan fingerprint density at radius 2 is 1.89 bits per heavy atom. The van der Waals surface area contributed by atoms with Crippen LogP contribution in [0.4, 0.5) is 0 Å². The number of amides is 1. The van der Waals surface area contributed by atoms with Crippen LogP contribution in [0.25, 0.3) is 0 Å². The first kappa shape index (κ1) is 19.6. The highest BCUT2D eigenvalue weighted by molar-refractivity contribution is 6.02. The second kappa shape index (κ2) is 9.18. The van der Waals surface area contributed by atoms with Gasteiger partial charge in [0, 0.05) is 5.56 Å². The molecule has 1 aliphatic carbocycles. The van der Waals surface area contributed by atoms with Crippen LogP contribution >= 0.6 is 0 Å². The molecule has 1 N–H and O–H groups in total. The third-order valence-corrected chi connectivity index (χ3v) is 4.96. The number of nitrogens with zero attached hydrogens (tertiary/aromatic N) is 1. The number of allylic oxidation sites excluding steroid dienone is 3. The summed E-state index contributed by atoms with van der Waals surface area (Å²) in [5.41, 5.74) is 7.49. The van der Waals surface area contributed by atoms with Crippen molar-refractivity contribution in [3.63, 3.8) is 0 Å². The fourth-order valence-corrected chi connectivity index (χ4v) is 3.05. The highest BCUT2D eigenvalue weighted by Crippen LogP contribution is 2.26. The number of nitrogens with one attached hydrogen (secondary N) is 1. The summed E-state index contributed by atoms with van der Waals surface area (Å²) in [6.07, 6.45) is 3.95. The lowest BCUT2D eigenvalue weighted by atomic mass is 9.85. The van der Waals surface area contributed by atoms with Gasteiger partial charge in [-0.3, -0.25) is 4.79 Å². The van der Waals surface area contributed by atoms with Gasteiger partial charge in [-0.1, -0.05) is 48.6 Å². The molecular weight excluding hydrogens is 348 g/mol. The monoisotopic (exact) mass is 374 g/mol. The quantitative estimate of drug-likeness (QED) is 0.552. The molecular formula is C24H26N2O2. The third kappa shape index (κ3) is 5.19. The molecule has 2 aromatic rings. The fraction of sp³-hybridized carbons (Fsp3) is 0.250. The van der Waals surface area contributed by atoms with Crippen molar-refractivity contribution in [1.82, 2.24) is 5.43 Å². The summed E-state index contributed by atoms with van der Waals surface area (Å²) in [7, 11) is 0. The van der Waals surface area contributed by atoms with E-state index in [2.05, 4.69) is 23.2 Å². The zero-order chi connectivity index (χ0) is 19.9. The van der Waals surface area contributed by atoms with Crippen LogP contribution in [-0.4, -0.2) is 11.6 Å². The van der Waals surface area contributed by atoms with Crippen LogP contribution < -0.4 is 10.2 Å². The summed E-state index contributed by atoms with van der Waals surface area (Å²) in [5.74, 6) is 0.884. The average molecular weight is 374 g/mol. The van der Waals surface area contributed by atoms with Gasteiger partial charge in [-0.05, 0) is 68.0 Å². The molecule has 2 aromatic carbocycles. The summed E-state index contributed by atoms with van der Waals surface area (Å²) >= 11 is 0. The number of benzene rings is 2. The first-order valence-corrected chi connectivity index (χ1v) is 9.49. The second-order valence-corrected chi connectivity index (χ2v) is 7.17. The minimum absolute atomic E-state index is 0.229. The Hall–Kier alpha value is -3.14. The van der Waals surface area contributed by atoms with Gasteiger partial charge in [-0.15, -0.1) is 0 Å². The molecule has 0 saturated carbocycles. The van der Waals surface area contributed by atoms with E-state index in [9.17, 15) is 4.79 Å². The predicted octanol–water partition coefficient (Wildman–Crippen LogP) is 5.28. The van der Waals surface area contributed by atoms with E-state index >= 15 is 0 Å². The van der Waals surface area contributed by atoms with Gasteiger partial charge in [0.1, 0.15) is 12.4 Å². The maximum Gasteiger partial charge on any atom is 0.271 e. The lowest BCUT2D eigenvalue weighted by Crippen LogP contribution is -2.23. The Labute approximate surface area is 166 Å². The molecule has 0 aliphatic heterocycles. The van der Waals surface area contributed by atoms with Crippen molar-refractivity contribution in [3.8, 4) is 5.75 Å². The van der Waals surface area contributed by atoms with E-state index in [0.29, 0.717) is 18.1 Å². The normalized spacial score (nSPS) is 17.7. The summed E-state index contributed by atoms with van der Waals surface area (Å²) < 4.78 is 5.76. The minimum atomic E-state index is -0.229.